The van der Waals surface area contributed by atoms with Crippen molar-refractivity contribution in [1.29, 1.82) is 0 Å². The number of esters is 1. The van der Waals surface area contributed by atoms with Gasteiger partial charge < -0.3 is 9.84 Å². The third-order valence-electron chi connectivity index (χ3n) is 2.49. The molecule has 7 nitrogen and oxygen atoms in total. The molecule has 0 bridgehead atoms. The van der Waals surface area contributed by atoms with Crippen molar-refractivity contribution in [3.63, 3.8) is 0 Å². The second-order valence-corrected chi connectivity index (χ2v) is 3.83. The number of hydrogen-bond donors (Lipinski definition) is 1. The predicted octanol–water partition coefficient (Wildman–Crippen LogP) is 1.94. The molecule has 0 saturated carbocycles. The number of unbranched alkanes of at least 4 members (excludes halogenated alkanes) is 2. The Hall–Kier alpha value is -1.59. The van der Waals surface area contributed by atoms with Gasteiger partial charge in [-0.15, -0.1) is 0 Å². The number of aliphatic hydroxyl groups excluding tert-OH is 1. The van der Waals surface area contributed by atoms with Crippen molar-refractivity contribution in [3.8, 4) is 0 Å². The van der Waals surface area contributed by atoms with Crippen LogP contribution in [0.3, 0.4) is 0 Å². The molecule has 102 valence electrons. The summed E-state index contributed by atoms with van der Waals surface area (Å²) >= 11 is 0. The van der Waals surface area contributed by atoms with E-state index in [0.717, 1.165) is 12.8 Å². The summed E-state index contributed by atoms with van der Waals surface area (Å²) in [6.07, 6.45) is 1.21. The van der Waals surface area contributed by atoms with Crippen molar-refractivity contribution in [1.82, 2.24) is 0 Å². The fourth-order valence-corrected chi connectivity index (χ4v) is 1.54. The van der Waals surface area contributed by atoms with Crippen molar-refractivity contribution in [2.45, 2.75) is 45.6 Å². The molecule has 0 aliphatic heterocycles. The van der Waals surface area contributed by atoms with Gasteiger partial charge in [0, 0.05) is 4.91 Å². The molecule has 1 N–H and O–H groups in total. The second kappa shape index (κ2) is 9.44. The highest BCUT2D eigenvalue weighted by Crippen LogP contribution is 2.17. The normalized spacial score (nSPS) is 13.3. The van der Waals surface area contributed by atoms with Gasteiger partial charge in [-0.2, -0.15) is 0 Å². The van der Waals surface area contributed by atoms with Gasteiger partial charge in [0.15, 0.2) is 6.10 Å². The molecule has 0 unspecified atom stereocenters. The van der Waals surface area contributed by atoms with Crippen molar-refractivity contribution in [2.24, 2.45) is 11.0 Å². The third-order valence-corrected chi connectivity index (χ3v) is 2.49. The first-order valence-electron chi connectivity index (χ1n) is 6.02. The number of amides is 1. The molecule has 0 aliphatic rings. The highest BCUT2D eigenvalue weighted by Gasteiger charge is 2.31. The minimum atomic E-state index is -1.57. The number of nitrogens with zero attached hydrogens (tertiary/aromatic N) is 3. The fraction of sp³-hybridized carbons (Fsp3) is 0.818. The zero-order chi connectivity index (χ0) is 14.0. The van der Waals surface area contributed by atoms with E-state index in [1.54, 1.807) is 6.92 Å². The molecule has 0 spiro atoms. The molecule has 0 aliphatic carbocycles. The van der Waals surface area contributed by atoms with Crippen LogP contribution in [0.1, 0.15) is 39.5 Å². The van der Waals surface area contributed by atoms with Crippen LogP contribution in [-0.4, -0.2) is 29.7 Å². The lowest BCUT2D eigenvalue weighted by atomic mass is 9.94. The molecule has 2 atom stereocenters. The molecule has 0 saturated heterocycles. The van der Waals surface area contributed by atoms with Gasteiger partial charge in [0.1, 0.15) is 0 Å². The smallest absolute Gasteiger partial charge is 0.335 e. The van der Waals surface area contributed by atoms with E-state index < -0.39 is 23.9 Å². The summed E-state index contributed by atoms with van der Waals surface area (Å²) in [6, 6.07) is 0. The molecule has 0 aromatic carbocycles. The van der Waals surface area contributed by atoms with E-state index in [-0.39, 0.29) is 6.61 Å². The number of carbonyl (C=O) groups excluding carboxylic acids is 2. The predicted molar refractivity (Wildman–Crippen MR) is 64.4 cm³/mol. The Balaban J connectivity index is 4.67. The lowest BCUT2D eigenvalue weighted by Gasteiger charge is -2.18. The van der Waals surface area contributed by atoms with Crippen LogP contribution in [0.2, 0.25) is 0 Å². The lowest BCUT2D eigenvalue weighted by Crippen LogP contribution is -2.35. The summed E-state index contributed by atoms with van der Waals surface area (Å²) in [7, 11) is 0. The lowest BCUT2D eigenvalue weighted by molar-refractivity contribution is -0.158. The average molecular weight is 257 g/mol. The van der Waals surface area contributed by atoms with Crippen molar-refractivity contribution in [2.75, 3.05) is 6.61 Å². The molecule has 0 rings (SSSR count). The maximum Gasteiger partial charge on any atom is 0.335 e. The van der Waals surface area contributed by atoms with Crippen LogP contribution in [0.4, 0.5) is 0 Å². The number of aliphatic hydroxyl groups is 1. The molecule has 0 fully saturated rings. The van der Waals surface area contributed by atoms with E-state index in [4.69, 9.17) is 5.53 Å². The number of ether oxygens (including phenoxy) is 1. The van der Waals surface area contributed by atoms with Gasteiger partial charge in [-0.1, -0.05) is 26.2 Å². The van der Waals surface area contributed by atoms with Gasteiger partial charge >= 0.3 is 5.97 Å². The van der Waals surface area contributed by atoms with E-state index in [9.17, 15) is 14.7 Å². The summed E-state index contributed by atoms with van der Waals surface area (Å²) in [5, 5.41) is 12.7. The topological polar surface area (TPSA) is 112 Å². The molecule has 0 heterocycles. The standard InChI is InChI=1S/C11H19N3O4/c1-3-5-6-7-8(10(16)13-14-12)9(15)11(17)18-4-2/h8-9,15H,3-7H2,1-2H3/t8-,9+/m1/s1. The molecule has 1 amide bonds. The first kappa shape index (κ1) is 16.4. The van der Waals surface area contributed by atoms with Crippen molar-refractivity contribution in [3.05, 3.63) is 10.4 Å². The van der Waals surface area contributed by atoms with Gasteiger partial charge in [-0.05, 0) is 24.0 Å². The van der Waals surface area contributed by atoms with Gasteiger partial charge in [0.05, 0.1) is 12.5 Å². The fourth-order valence-electron chi connectivity index (χ4n) is 1.54. The number of hydrogen-bond acceptors (Lipinski definition) is 4. The monoisotopic (exact) mass is 257 g/mol. The molecular formula is C11H19N3O4. The number of carbonyl (C=O) groups is 2. The van der Waals surface area contributed by atoms with Crippen LogP contribution in [0.25, 0.3) is 10.4 Å². The second-order valence-electron chi connectivity index (χ2n) is 3.83. The molecule has 7 heteroatoms. The summed E-state index contributed by atoms with van der Waals surface area (Å²) in [4.78, 5) is 25.3. The molecular weight excluding hydrogens is 238 g/mol. The van der Waals surface area contributed by atoms with Crippen molar-refractivity contribution < 1.29 is 19.4 Å². The summed E-state index contributed by atoms with van der Waals surface area (Å²) < 4.78 is 4.64. The zero-order valence-electron chi connectivity index (χ0n) is 10.7. The highest BCUT2D eigenvalue weighted by molar-refractivity contribution is 5.87. The number of azide groups is 1. The van der Waals surface area contributed by atoms with Gasteiger partial charge in [0.2, 0.25) is 5.91 Å². The van der Waals surface area contributed by atoms with Crippen LogP contribution in [-0.2, 0) is 14.3 Å². The summed E-state index contributed by atoms with van der Waals surface area (Å²) in [5.74, 6) is -2.71. The maximum absolute atomic E-state index is 11.5. The molecule has 0 aromatic heterocycles. The maximum atomic E-state index is 11.5. The van der Waals surface area contributed by atoms with Crippen LogP contribution in [0.15, 0.2) is 5.11 Å². The molecule has 0 radical (unpaired) electrons. The highest BCUT2D eigenvalue weighted by atomic mass is 16.5. The summed E-state index contributed by atoms with van der Waals surface area (Å²) in [5.41, 5.74) is 8.22. The zero-order valence-corrected chi connectivity index (χ0v) is 10.7. The van der Waals surface area contributed by atoms with E-state index >= 15 is 0 Å². The van der Waals surface area contributed by atoms with E-state index in [1.807, 2.05) is 6.92 Å². The van der Waals surface area contributed by atoms with Gasteiger partial charge in [-0.3, -0.25) is 4.79 Å². The minimum absolute atomic E-state index is 0.118. The molecule has 18 heavy (non-hydrogen) atoms. The van der Waals surface area contributed by atoms with Crippen LogP contribution >= 0.6 is 0 Å². The SMILES string of the molecule is CCCCC[C@@H](C(=O)N=[N+]=[N-])[C@H](O)C(=O)OCC. The van der Waals surface area contributed by atoms with E-state index in [2.05, 4.69) is 14.8 Å². The Morgan fingerprint density at radius 3 is 2.56 bits per heavy atom. The first-order chi connectivity index (χ1) is 8.58. The van der Waals surface area contributed by atoms with Gasteiger partial charge in [0.25, 0.3) is 0 Å². The van der Waals surface area contributed by atoms with Gasteiger partial charge in [-0.25, -0.2) is 4.79 Å². The van der Waals surface area contributed by atoms with Crippen LogP contribution in [0, 0.1) is 5.92 Å². The van der Waals surface area contributed by atoms with E-state index in [0.29, 0.717) is 12.8 Å². The first-order valence-corrected chi connectivity index (χ1v) is 6.02. The van der Waals surface area contributed by atoms with E-state index in [1.165, 1.54) is 0 Å². The Labute approximate surface area is 106 Å². The van der Waals surface area contributed by atoms with Crippen LogP contribution < -0.4 is 0 Å². The Morgan fingerprint density at radius 1 is 1.39 bits per heavy atom. The summed E-state index contributed by atoms with van der Waals surface area (Å²) in [6.45, 7) is 3.71. The molecule has 0 aromatic rings. The average Bonchev–Trinajstić information content (AvgIpc) is 2.34. The third kappa shape index (κ3) is 5.65. The Morgan fingerprint density at radius 2 is 2.06 bits per heavy atom. The van der Waals surface area contributed by atoms with Crippen molar-refractivity contribution >= 4 is 11.9 Å². The number of rotatable bonds is 8. The minimum Gasteiger partial charge on any atom is -0.464 e. The Kier molecular flexibility index (Phi) is 8.61. The largest absolute Gasteiger partial charge is 0.464 e. The quantitative estimate of drug-likeness (QED) is 0.235. The Bertz CT molecular complexity index is 326. The van der Waals surface area contributed by atoms with Crippen LogP contribution in [0.5, 0.6) is 0 Å².